The predicted octanol–water partition coefficient (Wildman–Crippen LogP) is 6.13. The maximum atomic E-state index is 14.0. The second kappa shape index (κ2) is 10.2. The van der Waals surface area contributed by atoms with Gasteiger partial charge in [0.15, 0.2) is 0 Å². The third kappa shape index (κ3) is 6.04. The summed E-state index contributed by atoms with van der Waals surface area (Å²) in [6.45, 7) is 5.01. The fraction of sp³-hybridized carbons (Fsp3) is 0.545. The number of halogens is 1. The van der Waals surface area contributed by atoms with Crippen molar-refractivity contribution in [2.75, 3.05) is 6.61 Å². The lowest BCUT2D eigenvalue weighted by Gasteiger charge is -2.25. The lowest BCUT2D eigenvalue weighted by Crippen LogP contribution is -2.11. The number of hydrogen-bond donors (Lipinski definition) is 0. The average Bonchev–Trinajstić information content (AvgIpc) is 2.61. The number of allylic oxidation sites excluding steroid dienone is 2. The van der Waals surface area contributed by atoms with E-state index in [2.05, 4.69) is 31.8 Å². The van der Waals surface area contributed by atoms with Gasteiger partial charge in [-0.2, -0.15) is 0 Å². The van der Waals surface area contributed by atoms with Crippen LogP contribution in [-0.4, -0.2) is 6.61 Å². The minimum Gasteiger partial charge on any atom is -0.493 e. The molecule has 1 fully saturated rings. The van der Waals surface area contributed by atoms with Gasteiger partial charge in [0.2, 0.25) is 0 Å². The Bertz CT molecular complexity index is 586. The molecule has 0 spiro atoms. The number of unbranched alkanes of at least 4 members (excludes halogenated alkanes) is 1. The summed E-state index contributed by atoms with van der Waals surface area (Å²) in [7, 11) is 0. The Hall–Kier alpha value is -1.75. The molecular formula is C22H29FO. The van der Waals surface area contributed by atoms with E-state index in [0.717, 1.165) is 18.8 Å². The SMILES string of the molecule is CCCCOc1ccc(C#C/C=C/C2CCC(CC)CC2)c(F)c1. The van der Waals surface area contributed by atoms with Crippen molar-refractivity contribution >= 4 is 0 Å². The molecule has 1 nitrogen and oxygen atoms in total. The van der Waals surface area contributed by atoms with Crippen LogP contribution in [0.15, 0.2) is 30.4 Å². The van der Waals surface area contributed by atoms with E-state index < -0.39 is 0 Å². The van der Waals surface area contributed by atoms with Crippen LogP contribution >= 0.6 is 0 Å². The van der Waals surface area contributed by atoms with Crippen molar-refractivity contribution in [1.29, 1.82) is 0 Å². The molecule has 24 heavy (non-hydrogen) atoms. The maximum Gasteiger partial charge on any atom is 0.142 e. The summed E-state index contributed by atoms with van der Waals surface area (Å²) in [6.07, 6.45) is 12.6. The summed E-state index contributed by atoms with van der Waals surface area (Å²) in [4.78, 5) is 0. The van der Waals surface area contributed by atoms with Gasteiger partial charge < -0.3 is 4.74 Å². The van der Waals surface area contributed by atoms with Crippen LogP contribution in [0.2, 0.25) is 0 Å². The lowest BCUT2D eigenvalue weighted by molar-refractivity contribution is 0.304. The van der Waals surface area contributed by atoms with Crippen molar-refractivity contribution in [3.8, 4) is 17.6 Å². The molecule has 1 aromatic carbocycles. The van der Waals surface area contributed by atoms with Crippen LogP contribution in [0.5, 0.6) is 5.75 Å². The quantitative estimate of drug-likeness (QED) is 0.451. The van der Waals surface area contributed by atoms with Crippen LogP contribution in [0, 0.1) is 29.5 Å². The van der Waals surface area contributed by atoms with E-state index in [9.17, 15) is 4.39 Å². The van der Waals surface area contributed by atoms with E-state index in [-0.39, 0.29) is 5.82 Å². The second-order valence-corrected chi connectivity index (χ2v) is 6.66. The van der Waals surface area contributed by atoms with Crippen LogP contribution in [0.25, 0.3) is 0 Å². The van der Waals surface area contributed by atoms with Gasteiger partial charge in [-0.1, -0.05) is 44.6 Å². The van der Waals surface area contributed by atoms with Gasteiger partial charge >= 0.3 is 0 Å². The first-order chi connectivity index (χ1) is 11.7. The van der Waals surface area contributed by atoms with E-state index in [4.69, 9.17) is 4.74 Å². The Morgan fingerprint density at radius 2 is 2.00 bits per heavy atom. The van der Waals surface area contributed by atoms with Crippen molar-refractivity contribution in [3.63, 3.8) is 0 Å². The molecular weight excluding hydrogens is 299 g/mol. The summed E-state index contributed by atoms with van der Waals surface area (Å²) >= 11 is 0. The summed E-state index contributed by atoms with van der Waals surface area (Å²) in [5, 5.41) is 0. The Kier molecular flexibility index (Phi) is 7.89. The highest BCUT2D eigenvalue weighted by molar-refractivity contribution is 5.41. The van der Waals surface area contributed by atoms with Gasteiger partial charge in [-0.3, -0.25) is 0 Å². The summed E-state index contributed by atoms with van der Waals surface area (Å²) in [6, 6.07) is 4.91. The highest BCUT2D eigenvalue weighted by Crippen LogP contribution is 2.31. The minimum absolute atomic E-state index is 0.312. The van der Waals surface area contributed by atoms with Gasteiger partial charge in [0.05, 0.1) is 12.2 Å². The molecule has 130 valence electrons. The molecule has 0 saturated heterocycles. The molecule has 0 amide bonds. The first kappa shape index (κ1) is 18.6. The van der Waals surface area contributed by atoms with Crippen LogP contribution in [-0.2, 0) is 0 Å². The molecule has 0 aromatic heterocycles. The molecule has 2 rings (SSSR count). The molecule has 1 saturated carbocycles. The van der Waals surface area contributed by atoms with Gasteiger partial charge in [-0.25, -0.2) is 4.39 Å². The fourth-order valence-corrected chi connectivity index (χ4v) is 3.11. The average molecular weight is 328 g/mol. The Balaban J connectivity index is 1.85. The molecule has 0 radical (unpaired) electrons. The fourth-order valence-electron chi connectivity index (χ4n) is 3.11. The van der Waals surface area contributed by atoms with E-state index >= 15 is 0 Å². The summed E-state index contributed by atoms with van der Waals surface area (Å²) in [5.41, 5.74) is 0.428. The van der Waals surface area contributed by atoms with Crippen molar-refractivity contribution in [2.45, 2.75) is 58.8 Å². The van der Waals surface area contributed by atoms with Gasteiger partial charge in [0.1, 0.15) is 11.6 Å². The second-order valence-electron chi connectivity index (χ2n) is 6.66. The topological polar surface area (TPSA) is 9.23 Å². The molecule has 1 aliphatic carbocycles. The number of rotatable bonds is 6. The molecule has 0 atom stereocenters. The zero-order chi connectivity index (χ0) is 17.2. The molecule has 2 heteroatoms. The first-order valence-electron chi connectivity index (χ1n) is 9.33. The zero-order valence-corrected chi connectivity index (χ0v) is 15.0. The van der Waals surface area contributed by atoms with Crippen molar-refractivity contribution < 1.29 is 9.13 Å². The molecule has 0 bridgehead atoms. The van der Waals surface area contributed by atoms with E-state index in [0.29, 0.717) is 23.8 Å². The van der Waals surface area contributed by atoms with Gasteiger partial charge in [-0.05, 0) is 62.1 Å². The summed E-state index contributed by atoms with van der Waals surface area (Å²) < 4.78 is 19.5. The molecule has 0 heterocycles. The number of hydrogen-bond acceptors (Lipinski definition) is 1. The van der Waals surface area contributed by atoms with E-state index in [1.54, 1.807) is 12.1 Å². The lowest BCUT2D eigenvalue weighted by atomic mass is 9.81. The highest BCUT2D eigenvalue weighted by atomic mass is 19.1. The van der Waals surface area contributed by atoms with Gasteiger partial charge in [0, 0.05) is 6.07 Å². The standard InChI is InChI=1S/C22H29FO/c1-3-5-16-24-21-15-14-20(22(23)17-21)9-7-6-8-19-12-10-18(4-2)11-13-19/h6,8,14-15,17-19H,3-5,10-13,16H2,1-2H3/b8-6+. The number of benzene rings is 1. The summed E-state index contributed by atoms with van der Waals surface area (Å²) in [5.74, 6) is 7.69. The largest absolute Gasteiger partial charge is 0.493 e. The van der Waals surface area contributed by atoms with Crippen molar-refractivity contribution in [1.82, 2.24) is 0 Å². The van der Waals surface area contributed by atoms with Crippen LogP contribution < -0.4 is 4.74 Å². The van der Waals surface area contributed by atoms with Crippen molar-refractivity contribution in [2.24, 2.45) is 11.8 Å². The van der Waals surface area contributed by atoms with Gasteiger partial charge in [-0.15, -0.1) is 0 Å². The minimum atomic E-state index is -0.312. The first-order valence-corrected chi connectivity index (χ1v) is 9.33. The molecule has 1 aromatic rings. The van der Waals surface area contributed by atoms with E-state index in [1.807, 2.05) is 6.08 Å². The normalized spacial score (nSPS) is 20.6. The predicted molar refractivity (Wildman–Crippen MR) is 98.6 cm³/mol. The number of ether oxygens (including phenoxy) is 1. The monoisotopic (exact) mass is 328 g/mol. The van der Waals surface area contributed by atoms with Crippen LogP contribution in [0.4, 0.5) is 4.39 Å². The molecule has 1 aliphatic rings. The third-order valence-electron chi connectivity index (χ3n) is 4.83. The Morgan fingerprint density at radius 3 is 2.67 bits per heavy atom. The Morgan fingerprint density at radius 1 is 1.21 bits per heavy atom. The van der Waals surface area contributed by atoms with Crippen LogP contribution in [0.1, 0.15) is 64.4 Å². The highest BCUT2D eigenvalue weighted by Gasteiger charge is 2.17. The Labute approximate surface area is 146 Å². The van der Waals surface area contributed by atoms with Crippen molar-refractivity contribution in [3.05, 3.63) is 41.7 Å². The maximum absolute atomic E-state index is 14.0. The van der Waals surface area contributed by atoms with Crippen LogP contribution in [0.3, 0.4) is 0 Å². The van der Waals surface area contributed by atoms with E-state index in [1.165, 1.54) is 38.2 Å². The molecule has 0 aliphatic heterocycles. The smallest absolute Gasteiger partial charge is 0.142 e. The molecule has 0 unspecified atom stereocenters. The molecule has 0 N–H and O–H groups in total. The van der Waals surface area contributed by atoms with Gasteiger partial charge in [0.25, 0.3) is 0 Å². The zero-order valence-electron chi connectivity index (χ0n) is 15.0. The third-order valence-corrected chi connectivity index (χ3v) is 4.83.